The summed E-state index contributed by atoms with van der Waals surface area (Å²) in [4.78, 5) is 70.5. The number of amides is 5. The van der Waals surface area contributed by atoms with Gasteiger partial charge in [-0.3, -0.25) is 29.0 Å². The Kier molecular flexibility index (Phi) is 17.5. The van der Waals surface area contributed by atoms with Crippen LogP contribution in [0.25, 0.3) is 0 Å². The molecule has 2 aromatic rings. The first-order valence-electron chi connectivity index (χ1n) is 17.4. The Labute approximate surface area is 304 Å². The van der Waals surface area contributed by atoms with E-state index in [1.54, 1.807) is 18.2 Å². The van der Waals surface area contributed by atoms with E-state index in [9.17, 15) is 29.1 Å². The van der Waals surface area contributed by atoms with Crippen LogP contribution in [0.2, 0.25) is 0 Å². The second kappa shape index (κ2) is 22.3. The average molecular weight is 719 g/mol. The van der Waals surface area contributed by atoms with E-state index in [-0.39, 0.29) is 55.6 Å². The fraction of sp³-hybridized carbons (Fsp3) is 0.459. The summed E-state index contributed by atoms with van der Waals surface area (Å²) in [6.07, 6.45) is 8.64. The van der Waals surface area contributed by atoms with Crippen molar-refractivity contribution in [1.29, 1.82) is 0 Å². The predicted molar refractivity (Wildman–Crippen MR) is 196 cm³/mol. The number of para-hydroxylation sites is 1. The molecule has 52 heavy (non-hydrogen) atoms. The summed E-state index contributed by atoms with van der Waals surface area (Å²) in [7, 11) is 0. The van der Waals surface area contributed by atoms with Gasteiger partial charge in [0.25, 0.3) is 5.91 Å². The zero-order valence-electron chi connectivity index (χ0n) is 29.3. The van der Waals surface area contributed by atoms with Crippen LogP contribution in [0, 0.1) is 12.3 Å². The van der Waals surface area contributed by atoms with Crippen LogP contribution < -0.4 is 42.8 Å². The zero-order chi connectivity index (χ0) is 37.7. The van der Waals surface area contributed by atoms with E-state index in [4.69, 9.17) is 22.6 Å². The van der Waals surface area contributed by atoms with Crippen molar-refractivity contribution in [2.75, 3.05) is 26.3 Å². The molecule has 0 saturated heterocycles. The topological polar surface area (TPSA) is 239 Å². The molecule has 15 heteroatoms. The van der Waals surface area contributed by atoms with Gasteiger partial charge < -0.3 is 47.9 Å². The molecule has 2 aromatic carbocycles. The summed E-state index contributed by atoms with van der Waals surface area (Å²) in [5.41, 5.74) is 11.9. The molecule has 1 aliphatic heterocycles. The number of carbonyl (C=O) groups excluding carboxylic acids is 5. The summed E-state index contributed by atoms with van der Waals surface area (Å²) in [6.45, 7) is -0.251. The Morgan fingerprint density at radius 3 is 2.21 bits per heavy atom. The van der Waals surface area contributed by atoms with Crippen LogP contribution in [0.5, 0.6) is 5.75 Å². The van der Waals surface area contributed by atoms with Gasteiger partial charge in [0, 0.05) is 25.9 Å². The van der Waals surface area contributed by atoms with Crippen molar-refractivity contribution in [3.8, 4) is 18.1 Å². The molecule has 0 spiro atoms. The first-order chi connectivity index (χ1) is 25.1. The molecule has 0 bridgehead atoms. The minimum Gasteiger partial charge on any atom is -0.491 e. The molecule has 1 aliphatic rings. The Balaban J connectivity index is 1.91. The van der Waals surface area contributed by atoms with E-state index in [0.717, 1.165) is 5.56 Å². The number of fused-ring (bicyclic) bond motifs is 1. The van der Waals surface area contributed by atoms with Gasteiger partial charge in [-0.1, -0.05) is 42.5 Å². The highest BCUT2D eigenvalue weighted by molar-refractivity contribution is 6.00. The van der Waals surface area contributed by atoms with Crippen molar-refractivity contribution in [1.82, 2.24) is 26.6 Å². The van der Waals surface area contributed by atoms with Crippen LogP contribution >= 0.6 is 0 Å². The first-order valence-corrected chi connectivity index (χ1v) is 17.4. The number of hydrogen-bond donors (Lipinski definition) is 8. The van der Waals surface area contributed by atoms with Crippen LogP contribution in [-0.4, -0.2) is 91.1 Å². The number of aliphatic hydroxyl groups is 1. The molecule has 0 fully saturated rings. The number of nitrogens with two attached hydrogens (primary N) is 2. The van der Waals surface area contributed by atoms with E-state index in [1.165, 1.54) is 6.07 Å². The molecule has 3 rings (SSSR count). The molecule has 0 radical (unpaired) electrons. The zero-order valence-corrected chi connectivity index (χ0v) is 29.3. The van der Waals surface area contributed by atoms with Crippen LogP contribution in [0.3, 0.4) is 0 Å². The van der Waals surface area contributed by atoms with Crippen LogP contribution in [0.1, 0.15) is 67.3 Å². The van der Waals surface area contributed by atoms with Gasteiger partial charge in [-0.2, -0.15) is 0 Å². The third-order valence-corrected chi connectivity index (χ3v) is 8.23. The van der Waals surface area contributed by atoms with Gasteiger partial charge in [-0.05, 0) is 62.6 Å². The fourth-order valence-electron chi connectivity index (χ4n) is 5.48. The molecule has 10 N–H and O–H groups in total. The Morgan fingerprint density at radius 2 is 1.52 bits per heavy atom. The van der Waals surface area contributed by atoms with Crippen molar-refractivity contribution in [2.24, 2.45) is 16.5 Å². The third kappa shape index (κ3) is 14.3. The predicted octanol–water partition coefficient (Wildman–Crippen LogP) is 0.0104. The van der Waals surface area contributed by atoms with Gasteiger partial charge in [-0.25, -0.2) is 0 Å². The summed E-state index contributed by atoms with van der Waals surface area (Å²) in [6, 6.07) is 11.7. The van der Waals surface area contributed by atoms with Crippen molar-refractivity contribution in [3.05, 3.63) is 65.7 Å². The summed E-state index contributed by atoms with van der Waals surface area (Å²) in [5, 5.41) is 23.9. The molecule has 5 amide bonds. The molecule has 1 heterocycles. The SMILES string of the molecule is C#CCCCC(=O)NCCCC[C@@H]1NC(=O)[C@H](CCCN=C(N)N)NC(=O)[C@H](CO)NC(=O)c2ccccc2OC[C@H](Cc2ccccc2)NC1=O. The van der Waals surface area contributed by atoms with Crippen molar-refractivity contribution in [2.45, 2.75) is 82.0 Å². The van der Waals surface area contributed by atoms with E-state index < -0.39 is 54.4 Å². The lowest BCUT2D eigenvalue weighted by Crippen LogP contribution is -2.58. The van der Waals surface area contributed by atoms with E-state index in [1.807, 2.05) is 30.3 Å². The summed E-state index contributed by atoms with van der Waals surface area (Å²) in [5.74, 6) is -0.169. The molecule has 15 nitrogen and oxygen atoms in total. The second-order valence-corrected chi connectivity index (χ2v) is 12.4. The number of hydrogen-bond acceptors (Lipinski definition) is 8. The highest BCUT2D eigenvalue weighted by atomic mass is 16.5. The standard InChI is InChI=1S/C37H50N8O7/c1-2-3-5-19-32(47)40-20-11-10-16-28-34(49)42-26(22-25-13-6-4-7-14-25)24-52-31-18-9-8-15-27(31)33(48)45-30(23-46)36(51)44-29(35(50)43-28)17-12-21-41-37(38)39/h1,4,6-9,13-15,18,26,28-30,46H,3,5,10-12,16-17,19-24H2,(H,40,47)(H,42,49)(H,43,50)(H,44,51)(H,45,48)(H4,38,39,41)/t26-,28-,29-,30-/m0/s1. The molecule has 280 valence electrons. The van der Waals surface area contributed by atoms with Crippen molar-refractivity contribution in [3.63, 3.8) is 0 Å². The summed E-state index contributed by atoms with van der Waals surface area (Å²) < 4.78 is 6.10. The fourth-order valence-corrected chi connectivity index (χ4v) is 5.48. The molecule has 0 unspecified atom stereocenters. The Morgan fingerprint density at radius 1 is 0.865 bits per heavy atom. The van der Waals surface area contributed by atoms with Gasteiger partial charge in [0.2, 0.25) is 23.6 Å². The minimum atomic E-state index is -1.41. The monoisotopic (exact) mass is 718 g/mol. The molecular weight excluding hydrogens is 668 g/mol. The number of nitrogens with one attached hydrogen (secondary N) is 5. The number of nitrogens with zero attached hydrogens (tertiary/aromatic N) is 1. The van der Waals surface area contributed by atoms with Crippen LogP contribution in [-0.2, 0) is 25.6 Å². The van der Waals surface area contributed by atoms with E-state index in [0.29, 0.717) is 45.1 Å². The van der Waals surface area contributed by atoms with Crippen molar-refractivity contribution < 1.29 is 33.8 Å². The lowest BCUT2D eigenvalue weighted by molar-refractivity contribution is -0.133. The maximum absolute atomic E-state index is 14.0. The first kappa shape index (κ1) is 40.8. The van der Waals surface area contributed by atoms with Gasteiger partial charge in [0.15, 0.2) is 5.96 Å². The highest BCUT2D eigenvalue weighted by Gasteiger charge is 2.31. The van der Waals surface area contributed by atoms with E-state index in [2.05, 4.69) is 37.5 Å². The van der Waals surface area contributed by atoms with Gasteiger partial charge in [0.1, 0.15) is 30.5 Å². The molecule has 4 atom stereocenters. The number of guanidine groups is 1. The smallest absolute Gasteiger partial charge is 0.255 e. The number of aliphatic hydroxyl groups excluding tert-OH is 1. The number of benzene rings is 2. The quantitative estimate of drug-likeness (QED) is 0.0535. The lowest BCUT2D eigenvalue weighted by Gasteiger charge is -2.27. The number of terminal acetylenes is 1. The van der Waals surface area contributed by atoms with Gasteiger partial charge in [0.05, 0.1) is 18.2 Å². The van der Waals surface area contributed by atoms with E-state index >= 15 is 0 Å². The Hall–Kier alpha value is -5.62. The van der Waals surface area contributed by atoms with Crippen LogP contribution in [0.15, 0.2) is 59.6 Å². The van der Waals surface area contributed by atoms with Gasteiger partial charge >= 0.3 is 0 Å². The van der Waals surface area contributed by atoms with Crippen LogP contribution in [0.4, 0.5) is 0 Å². The molecule has 0 aliphatic carbocycles. The maximum atomic E-state index is 14.0. The minimum absolute atomic E-state index is 0.0331. The molecular formula is C37H50N8O7. The number of unbranched alkanes of at least 4 members (excludes halogenated alkanes) is 2. The highest BCUT2D eigenvalue weighted by Crippen LogP contribution is 2.19. The van der Waals surface area contributed by atoms with Gasteiger partial charge in [-0.15, -0.1) is 12.3 Å². The lowest BCUT2D eigenvalue weighted by atomic mass is 10.0. The second-order valence-electron chi connectivity index (χ2n) is 12.4. The molecule has 0 aromatic heterocycles. The third-order valence-electron chi connectivity index (χ3n) is 8.23. The number of rotatable bonds is 15. The normalized spacial score (nSPS) is 19.7. The maximum Gasteiger partial charge on any atom is 0.255 e. The Bertz CT molecular complexity index is 1560. The average Bonchev–Trinajstić information content (AvgIpc) is 3.13. The number of ether oxygens (including phenoxy) is 1. The van der Waals surface area contributed by atoms with Crippen molar-refractivity contribution >= 4 is 35.5 Å². The number of aliphatic imine (C=N–C) groups is 1. The summed E-state index contributed by atoms with van der Waals surface area (Å²) >= 11 is 0. The largest absolute Gasteiger partial charge is 0.491 e. The number of carbonyl (C=O) groups is 5. The molecule has 0 saturated carbocycles.